The lowest BCUT2D eigenvalue weighted by Crippen LogP contribution is -2.36. The standard InChI is InChI=1S/C13H17NO5S/c1-19-11-5-2-6-12(9-11)20(17,18)14-7-3-4-10(14)8-13(15)16/h2,5-6,9-10H,3-4,7-8H2,1H3,(H,15,16). The monoisotopic (exact) mass is 299 g/mol. The van der Waals surface area contributed by atoms with Crippen molar-refractivity contribution in [1.29, 1.82) is 0 Å². The van der Waals surface area contributed by atoms with Crippen LogP contribution < -0.4 is 4.74 Å². The fourth-order valence-corrected chi connectivity index (χ4v) is 4.16. The smallest absolute Gasteiger partial charge is 0.304 e. The molecule has 1 N–H and O–H groups in total. The van der Waals surface area contributed by atoms with Crippen LogP contribution in [0.15, 0.2) is 29.2 Å². The van der Waals surface area contributed by atoms with E-state index in [9.17, 15) is 13.2 Å². The van der Waals surface area contributed by atoms with E-state index in [1.54, 1.807) is 12.1 Å². The van der Waals surface area contributed by atoms with E-state index in [4.69, 9.17) is 9.84 Å². The first-order valence-corrected chi connectivity index (χ1v) is 7.77. The molecule has 0 saturated carbocycles. The number of hydrogen-bond acceptors (Lipinski definition) is 4. The van der Waals surface area contributed by atoms with Crippen LogP contribution in [0.5, 0.6) is 5.75 Å². The minimum atomic E-state index is -3.68. The normalized spacial score (nSPS) is 19.9. The molecule has 0 bridgehead atoms. The third-order valence-corrected chi connectivity index (χ3v) is 5.33. The number of sulfonamides is 1. The molecule has 0 aliphatic carbocycles. The van der Waals surface area contributed by atoms with Crippen LogP contribution in [0.4, 0.5) is 0 Å². The number of hydrogen-bond donors (Lipinski definition) is 1. The number of aliphatic carboxylic acids is 1. The van der Waals surface area contributed by atoms with Gasteiger partial charge in [0.25, 0.3) is 0 Å². The molecule has 1 atom stereocenters. The summed E-state index contributed by atoms with van der Waals surface area (Å²) in [5, 5.41) is 8.87. The predicted molar refractivity (Wildman–Crippen MR) is 72.2 cm³/mol. The van der Waals surface area contributed by atoms with E-state index in [-0.39, 0.29) is 11.3 Å². The second-order valence-corrected chi connectivity index (χ2v) is 6.58. The molecule has 0 spiro atoms. The summed E-state index contributed by atoms with van der Waals surface area (Å²) in [7, 11) is -2.21. The van der Waals surface area contributed by atoms with Gasteiger partial charge in [-0.05, 0) is 25.0 Å². The van der Waals surface area contributed by atoms with E-state index < -0.39 is 22.0 Å². The van der Waals surface area contributed by atoms with Crippen LogP contribution in [-0.2, 0) is 14.8 Å². The summed E-state index contributed by atoms with van der Waals surface area (Å²) in [5.74, 6) is -0.525. The lowest BCUT2D eigenvalue weighted by atomic mass is 10.2. The van der Waals surface area contributed by atoms with Crippen LogP contribution in [0.1, 0.15) is 19.3 Å². The van der Waals surface area contributed by atoms with Gasteiger partial charge in [0.05, 0.1) is 18.4 Å². The molecule has 0 radical (unpaired) electrons. The van der Waals surface area contributed by atoms with Crippen molar-refractivity contribution in [2.75, 3.05) is 13.7 Å². The quantitative estimate of drug-likeness (QED) is 0.886. The summed E-state index contributed by atoms with van der Waals surface area (Å²) in [4.78, 5) is 11.0. The molecule has 0 aromatic heterocycles. The largest absolute Gasteiger partial charge is 0.497 e. The first-order valence-electron chi connectivity index (χ1n) is 6.33. The molecule has 1 heterocycles. The fraction of sp³-hybridized carbons (Fsp3) is 0.462. The Morgan fingerprint density at radius 2 is 2.25 bits per heavy atom. The molecule has 0 amide bonds. The van der Waals surface area contributed by atoms with Gasteiger partial charge in [0.1, 0.15) is 5.75 Å². The van der Waals surface area contributed by atoms with Gasteiger partial charge in [0.15, 0.2) is 0 Å². The van der Waals surface area contributed by atoms with Gasteiger partial charge in [0, 0.05) is 18.7 Å². The van der Waals surface area contributed by atoms with E-state index in [0.717, 1.165) is 0 Å². The Labute approximate surface area is 118 Å². The van der Waals surface area contributed by atoms with Crippen LogP contribution in [0.2, 0.25) is 0 Å². The van der Waals surface area contributed by atoms with Crippen molar-refractivity contribution in [2.45, 2.75) is 30.2 Å². The van der Waals surface area contributed by atoms with Crippen LogP contribution in [0.3, 0.4) is 0 Å². The van der Waals surface area contributed by atoms with Crippen molar-refractivity contribution in [3.63, 3.8) is 0 Å². The number of carboxylic acids is 1. The Balaban J connectivity index is 2.31. The Hall–Kier alpha value is -1.60. The Kier molecular flexibility index (Phi) is 4.29. The number of nitrogens with zero attached hydrogens (tertiary/aromatic N) is 1. The van der Waals surface area contributed by atoms with Crippen molar-refractivity contribution in [2.24, 2.45) is 0 Å². The molecule has 110 valence electrons. The summed E-state index contributed by atoms with van der Waals surface area (Å²) in [5.41, 5.74) is 0. The average molecular weight is 299 g/mol. The summed E-state index contributed by atoms with van der Waals surface area (Å²) in [6.07, 6.45) is 1.10. The van der Waals surface area contributed by atoms with Crippen LogP contribution in [0, 0.1) is 0 Å². The second kappa shape index (κ2) is 5.80. The van der Waals surface area contributed by atoms with Crippen LogP contribution >= 0.6 is 0 Å². The van der Waals surface area contributed by atoms with Crippen molar-refractivity contribution in [1.82, 2.24) is 4.31 Å². The van der Waals surface area contributed by atoms with Gasteiger partial charge in [-0.1, -0.05) is 6.07 Å². The molecule has 1 fully saturated rings. The summed E-state index contributed by atoms with van der Waals surface area (Å²) >= 11 is 0. The maximum absolute atomic E-state index is 12.6. The summed E-state index contributed by atoms with van der Waals surface area (Å²) < 4.78 is 31.5. The third kappa shape index (κ3) is 2.94. The molecule has 6 nitrogen and oxygen atoms in total. The Morgan fingerprint density at radius 3 is 2.90 bits per heavy atom. The number of ether oxygens (including phenoxy) is 1. The highest BCUT2D eigenvalue weighted by Crippen LogP contribution is 2.29. The lowest BCUT2D eigenvalue weighted by molar-refractivity contribution is -0.137. The third-order valence-electron chi connectivity index (χ3n) is 3.38. The molecular formula is C13H17NO5S. The topological polar surface area (TPSA) is 83.9 Å². The summed E-state index contributed by atoms with van der Waals surface area (Å²) in [6, 6.07) is 5.74. The molecule has 7 heteroatoms. The van der Waals surface area contributed by atoms with Gasteiger partial charge in [-0.2, -0.15) is 4.31 Å². The Bertz CT molecular complexity index is 599. The minimum absolute atomic E-state index is 0.133. The number of methoxy groups -OCH3 is 1. The van der Waals surface area contributed by atoms with Crippen molar-refractivity contribution < 1.29 is 23.1 Å². The molecule has 1 aromatic carbocycles. The Morgan fingerprint density at radius 1 is 1.50 bits per heavy atom. The van der Waals surface area contributed by atoms with E-state index in [1.165, 1.54) is 23.5 Å². The van der Waals surface area contributed by atoms with Crippen LogP contribution in [0.25, 0.3) is 0 Å². The van der Waals surface area contributed by atoms with Crippen molar-refractivity contribution in [3.8, 4) is 5.75 Å². The fourth-order valence-electron chi connectivity index (χ4n) is 2.43. The number of rotatable bonds is 5. The molecular weight excluding hydrogens is 282 g/mol. The van der Waals surface area contributed by atoms with E-state index >= 15 is 0 Å². The molecule has 1 aliphatic rings. The van der Waals surface area contributed by atoms with Gasteiger partial charge in [-0.3, -0.25) is 4.79 Å². The highest BCUT2D eigenvalue weighted by molar-refractivity contribution is 7.89. The maximum atomic E-state index is 12.6. The van der Waals surface area contributed by atoms with E-state index in [0.29, 0.717) is 25.1 Å². The second-order valence-electron chi connectivity index (χ2n) is 4.69. The van der Waals surface area contributed by atoms with Crippen molar-refractivity contribution in [3.05, 3.63) is 24.3 Å². The van der Waals surface area contributed by atoms with E-state index in [1.807, 2.05) is 0 Å². The SMILES string of the molecule is COc1cccc(S(=O)(=O)N2CCCC2CC(=O)O)c1. The average Bonchev–Trinajstić information content (AvgIpc) is 2.86. The number of carbonyl (C=O) groups is 1. The molecule has 1 aromatic rings. The van der Waals surface area contributed by atoms with Crippen molar-refractivity contribution >= 4 is 16.0 Å². The van der Waals surface area contributed by atoms with Gasteiger partial charge >= 0.3 is 5.97 Å². The van der Waals surface area contributed by atoms with Crippen LogP contribution in [-0.4, -0.2) is 43.5 Å². The minimum Gasteiger partial charge on any atom is -0.497 e. The molecule has 1 aliphatic heterocycles. The van der Waals surface area contributed by atoms with E-state index in [2.05, 4.69) is 0 Å². The first kappa shape index (κ1) is 14.8. The highest BCUT2D eigenvalue weighted by atomic mass is 32.2. The molecule has 1 unspecified atom stereocenters. The zero-order valence-electron chi connectivity index (χ0n) is 11.2. The predicted octanol–water partition coefficient (Wildman–Crippen LogP) is 1.32. The zero-order valence-corrected chi connectivity index (χ0v) is 12.0. The molecule has 2 rings (SSSR count). The zero-order chi connectivity index (χ0) is 14.8. The molecule has 1 saturated heterocycles. The highest BCUT2D eigenvalue weighted by Gasteiger charge is 2.36. The van der Waals surface area contributed by atoms with Gasteiger partial charge in [0.2, 0.25) is 10.0 Å². The van der Waals surface area contributed by atoms with Gasteiger partial charge < -0.3 is 9.84 Å². The maximum Gasteiger partial charge on any atom is 0.304 e. The van der Waals surface area contributed by atoms with Gasteiger partial charge in [-0.15, -0.1) is 0 Å². The van der Waals surface area contributed by atoms with Gasteiger partial charge in [-0.25, -0.2) is 8.42 Å². The number of carboxylic acid groups (broad SMARTS) is 1. The summed E-state index contributed by atoms with van der Waals surface area (Å²) in [6.45, 7) is 0.359. The first-order chi connectivity index (χ1) is 9.45. The molecule has 20 heavy (non-hydrogen) atoms. The number of benzene rings is 1. The lowest BCUT2D eigenvalue weighted by Gasteiger charge is -2.23.